The molecule has 0 atom stereocenters. The van der Waals surface area contributed by atoms with Gasteiger partial charge in [0.15, 0.2) is 11.5 Å². The van der Waals surface area contributed by atoms with Gasteiger partial charge in [0.2, 0.25) is 5.91 Å². The first-order valence-corrected chi connectivity index (χ1v) is 14.8. The van der Waals surface area contributed by atoms with Crippen molar-refractivity contribution in [3.63, 3.8) is 0 Å². The van der Waals surface area contributed by atoms with Crippen LogP contribution in [0.3, 0.4) is 0 Å². The molecule has 3 aromatic rings. The number of fused-ring (bicyclic) bond motifs is 1. The summed E-state index contributed by atoms with van der Waals surface area (Å²) in [5.74, 6) is 4.59. The van der Waals surface area contributed by atoms with E-state index in [1.165, 1.54) is 25.6 Å². The monoisotopic (exact) mass is 576 g/mol. The third-order valence-electron chi connectivity index (χ3n) is 9.02. The Morgan fingerprint density at radius 2 is 1.48 bits per heavy atom. The van der Waals surface area contributed by atoms with Crippen molar-refractivity contribution in [3.8, 4) is 17.2 Å². The quantitative estimate of drug-likeness (QED) is 0.252. The van der Waals surface area contributed by atoms with E-state index in [0.717, 1.165) is 30.3 Å². The van der Waals surface area contributed by atoms with Gasteiger partial charge in [-0.15, -0.1) is 0 Å². The molecule has 0 radical (unpaired) electrons. The molecule has 1 amide bonds. The van der Waals surface area contributed by atoms with Crippen molar-refractivity contribution in [2.24, 2.45) is 23.2 Å². The molecule has 0 unspecified atom stereocenters. The van der Waals surface area contributed by atoms with Crippen molar-refractivity contribution < 1.29 is 28.5 Å². The third kappa shape index (κ3) is 5.83. The van der Waals surface area contributed by atoms with Crippen LogP contribution >= 0.6 is 0 Å². The highest BCUT2D eigenvalue weighted by molar-refractivity contribution is 5.97. The van der Waals surface area contributed by atoms with Crippen LogP contribution in [0, 0.1) is 23.2 Å². The maximum absolute atomic E-state index is 13.7. The van der Waals surface area contributed by atoms with Crippen LogP contribution < -0.4 is 24.8 Å². The van der Waals surface area contributed by atoms with Crippen LogP contribution in [0.15, 0.2) is 36.7 Å². The fourth-order valence-electron chi connectivity index (χ4n) is 7.51. The van der Waals surface area contributed by atoms with E-state index in [1.807, 2.05) is 30.3 Å². The van der Waals surface area contributed by atoms with Crippen LogP contribution in [0.2, 0.25) is 0 Å². The first kappa shape index (κ1) is 28.5. The van der Waals surface area contributed by atoms with Crippen LogP contribution in [-0.4, -0.2) is 63.6 Å². The Kier molecular flexibility index (Phi) is 8.35. The molecule has 2 N–H and O–H groups in total. The highest BCUT2D eigenvalue weighted by atomic mass is 16.5. The molecule has 0 spiro atoms. The number of methoxy groups -OCH3 is 3. The summed E-state index contributed by atoms with van der Waals surface area (Å²) in [5.41, 5.74) is 1.92. The molecule has 2 aromatic carbocycles. The van der Waals surface area contributed by atoms with Gasteiger partial charge in [-0.1, -0.05) is 0 Å². The number of carbonyl (C=O) groups excluding carboxylic acids is 1. The lowest BCUT2D eigenvalue weighted by Crippen LogP contribution is -2.51. The summed E-state index contributed by atoms with van der Waals surface area (Å²) in [5, 5.41) is 7.39. The number of nitrogens with zero attached hydrogens (tertiary/aromatic N) is 2. The minimum Gasteiger partial charge on any atom is -0.494 e. The number of benzene rings is 2. The predicted octanol–water partition coefficient (Wildman–Crippen LogP) is 5.59. The normalized spacial score (nSPS) is 24.0. The molecule has 1 aromatic heterocycles. The zero-order chi connectivity index (χ0) is 29.1. The molecule has 4 fully saturated rings. The number of anilines is 3. The van der Waals surface area contributed by atoms with Gasteiger partial charge in [-0.2, -0.15) is 0 Å². The van der Waals surface area contributed by atoms with Crippen molar-refractivity contribution in [2.45, 2.75) is 38.5 Å². The highest BCUT2D eigenvalue weighted by Gasteiger charge is 2.54. The number of amides is 1. The number of ether oxygens (including phenoxy) is 5. The Morgan fingerprint density at radius 1 is 0.833 bits per heavy atom. The predicted molar refractivity (Wildman–Crippen MR) is 160 cm³/mol. The smallest absolute Gasteiger partial charge is 0.230 e. The lowest BCUT2D eigenvalue weighted by Gasteiger charge is -2.55. The minimum absolute atomic E-state index is 0.145. The summed E-state index contributed by atoms with van der Waals surface area (Å²) < 4.78 is 27.9. The van der Waals surface area contributed by atoms with E-state index in [4.69, 9.17) is 23.7 Å². The number of nitrogens with one attached hydrogen (secondary N) is 2. The SMILES string of the molecule is COCCOc1cc2ncnc(Nc3ccc(NC(=O)C45CC6CC(CC(C6)C4)C5)c(OC)c3)c2cc1OCCOC. The van der Waals surface area contributed by atoms with Crippen molar-refractivity contribution in [1.29, 1.82) is 0 Å². The van der Waals surface area contributed by atoms with Gasteiger partial charge < -0.3 is 34.3 Å². The fourth-order valence-corrected chi connectivity index (χ4v) is 7.51. The van der Waals surface area contributed by atoms with Gasteiger partial charge >= 0.3 is 0 Å². The molecular formula is C32H40N4O6. The Hall–Kier alpha value is -3.63. The molecule has 4 aliphatic rings. The van der Waals surface area contributed by atoms with Crippen LogP contribution in [0.4, 0.5) is 17.2 Å². The van der Waals surface area contributed by atoms with Crippen LogP contribution in [0.25, 0.3) is 10.9 Å². The molecule has 10 nitrogen and oxygen atoms in total. The maximum atomic E-state index is 13.7. The van der Waals surface area contributed by atoms with E-state index in [2.05, 4.69) is 20.6 Å². The molecule has 4 aliphatic carbocycles. The molecule has 4 bridgehead atoms. The summed E-state index contributed by atoms with van der Waals surface area (Å²) in [6, 6.07) is 9.39. The fraction of sp³-hybridized carbons (Fsp3) is 0.531. The molecular weight excluding hydrogens is 536 g/mol. The number of rotatable bonds is 13. The average Bonchev–Trinajstić information content (AvgIpc) is 2.98. The first-order valence-electron chi connectivity index (χ1n) is 14.8. The number of aromatic nitrogens is 2. The second kappa shape index (κ2) is 12.3. The second-order valence-electron chi connectivity index (χ2n) is 11.9. The molecule has 1 heterocycles. The Labute approximate surface area is 246 Å². The zero-order valence-corrected chi connectivity index (χ0v) is 24.6. The van der Waals surface area contributed by atoms with Gasteiger partial charge in [0, 0.05) is 37.4 Å². The molecule has 7 rings (SSSR count). The molecule has 0 saturated heterocycles. The average molecular weight is 577 g/mol. The van der Waals surface area contributed by atoms with E-state index >= 15 is 0 Å². The van der Waals surface area contributed by atoms with Crippen LogP contribution in [0.1, 0.15) is 38.5 Å². The molecule has 0 aliphatic heterocycles. The van der Waals surface area contributed by atoms with E-state index in [0.29, 0.717) is 78.5 Å². The Balaban J connectivity index is 1.22. The minimum atomic E-state index is -0.230. The standard InChI is InChI=1S/C32H40N4O6/c1-38-6-8-41-28-14-24-26(15-29(28)42-9-7-39-2)33-19-34-30(24)35-23-4-5-25(27(13-23)40-3)36-31(37)32-16-20-10-21(17-32)12-22(11-20)18-32/h4-5,13-15,19-22H,6-12,16-18H2,1-3H3,(H,36,37)(H,33,34,35). The summed E-state index contributed by atoms with van der Waals surface area (Å²) in [6.45, 7) is 1.64. The topological polar surface area (TPSA) is 113 Å². The van der Waals surface area contributed by atoms with Crippen LogP contribution in [0.5, 0.6) is 17.2 Å². The Morgan fingerprint density at radius 3 is 2.10 bits per heavy atom. The van der Waals surface area contributed by atoms with Gasteiger partial charge in [-0.3, -0.25) is 4.79 Å². The number of hydrogen-bond donors (Lipinski definition) is 2. The summed E-state index contributed by atoms with van der Waals surface area (Å²) in [6.07, 6.45) is 8.47. The van der Waals surface area contributed by atoms with Gasteiger partial charge in [-0.05, 0) is 74.5 Å². The van der Waals surface area contributed by atoms with Gasteiger partial charge in [0.05, 0.1) is 36.9 Å². The van der Waals surface area contributed by atoms with E-state index in [9.17, 15) is 4.79 Å². The largest absolute Gasteiger partial charge is 0.494 e. The van der Waals surface area contributed by atoms with Gasteiger partial charge in [-0.25, -0.2) is 9.97 Å². The summed E-state index contributed by atoms with van der Waals surface area (Å²) in [4.78, 5) is 22.6. The van der Waals surface area contributed by atoms with E-state index < -0.39 is 0 Å². The van der Waals surface area contributed by atoms with Crippen molar-refractivity contribution >= 4 is 34.0 Å². The first-order chi connectivity index (χ1) is 20.5. The second-order valence-corrected chi connectivity index (χ2v) is 11.9. The van der Waals surface area contributed by atoms with Crippen molar-refractivity contribution in [2.75, 3.05) is 58.4 Å². The van der Waals surface area contributed by atoms with E-state index in [1.54, 1.807) is 21.3 Å². The van der Waals surface area contributed by atoms with Gasteiger partial charge in [0.1, 0.15) is 31.1 Å². The third-order valence-corrected chi connectivity index (χ3v) is 9.02. The van der Waals surface area contributed by atoms with Crippen molar-refractivity contribution in [1.82, 2.24) is 9.97 Å². The highest BCUT2D eigenvalue weighted by Crippen LogP contribution is 2.60. The molecule has 224 valence electrons. The summed E-state index contributed by atoms with van der Waals surface area (Å²) >= 11 is 0. The zero-order valence-electron chi connectivity index (χ0n) is 24.6. The lowest BCUT2D eigenvalue weighted by atomic mass is 9.49. The summed E-state index contributed by atoms with van der Waals surface area (Å²) in [7, 11) is 4.88. The molecule has 10 heteroatoms. The lowest BCUT2D eigenvalue weighted by molar-refractivity contribution is -0.140. The van der Waals surface area contributed by atoms with Crippen LogP contribution in [-0.2, 0) is 14.3 Å². The van der Waals surface area contributed by atoms with Crippen molar-refractivity contribution in [3.05, 3.63) is 36.7 Å². The Bertz CT molecular complexity index is 1390. The molecule has 42 heavy (non-hydrogen) atoms. The molecule has 4 saturated carbocycles. The maximum Gasteiger partial charge on any atom is 0.230 e. The van der Waals surface area contributed by atoms with Gasteiger partial charge in [0.25, 0.3) is 0 Å². The van der Waals surface area contributed by atoms with E-state index in [-0.39, 0.29) is 11.3 Å². The number of hydrogen-bond acceptors (Lipinski definition) is 9. The number of carbonyl (C=O) groups is 1.